The first-order valence-corrected chi connectivity index (χ1v) is 6.92. The summed E-state index contributed by atoms with van der Waals surface area (Å²) in [6.07, 6.45) is 2.33. The Labute approximate surface area is 106 Å². The average molecular weight is 243 g/mol. The van der Waals surface area contributed by atoms with E-state index in [0.717, 1.165) is 12.8 Å². The van der Waals surface area contributed by atoms with E-state index in [1.165, 1.54) is 0 Å². The fraction of sp³-hybridized carbons (Fsp3) is 1.00. The molecule has 0 aromatic rings. The number of rotatable bonds is 2. The van der Waals surface area contributed by atoms with E-state index in [9.17, 15) is 0 Å². The van der Waals surface area contributed by atoms with Crippen molar-refractivity contribution in [3.05, 3.63) is 0 Å². The van der Waals surface area contributed by atoms with Crippen LogP contribution in [0.1, 0.15) is 54.4 Å². The molecule has 2 aliphatic heterocycles. The molecule has 2 fully saturated rings. The summed E-state index contributed by atoms with van der Waals surface area (Å²) < 4.78 is 6.28. The van der Waals surface area contributed by atoms with Gasteiger partial charge in [-0.3, -0.25) is 0 Å². The zero-order valence-corrected chi connectivity index (χ0v) is 12.5. The van der Waals surface area contributed by atoms with Crippen LogP contribution in [0.5, 0.6) is 0 Å². The molecule has 17 heavy (non-hydrogen) atoms. The van der Waals surface area contributed by atoms with Gasteiger partial charge >= 0.3 is 0 Å². The normalized spacial score (nSPS) is 48.5. The highest BCUT2D eigenvalue weighted by atomic mass is 16.6. The molecule has 3 heteroatoms. The Morgan fingerprint density at radius 1 is 1.06 bits per heavy atom. The average Bonchev–Trinajstić information content (AvgIpc) is 2.62. The second kappa shape index (κ2) is 5.25. The van der Waals surface area contributed by atoms with E-state index < -0.39 is 0 Å². The summed E-state index contributed by atoms with van der Waals surface area (Å²) in [6.45, 7) is 13.0. The molecular weight excluding hydrogens is 214 g/mol. The van der Waals surface area contributed by atoms with Crippen LogP contribution in [0.2, 0.25) is 0 Å². The quantitative estimate of drug-likeness (QED) is 0.756. The molecular formula is C14H29NO2. The van der Waals surface area contributed by atoms with Crippen LogP contribution in [0, 0.1) is 11.8 Å². The fourth-order valence-corrected chi connectivity index (χ4v) is 3.31. The van der Waals surface area contributed by atoms with Crippen LogP contribution in [0.15, 0.2) is 0 Å². The van der Waals surface area contributed by atoms with Gasteiger partial charge in [0, 0.05) is 17.9 Å². The molecule has 102 valence electrons. The van der Waals surface area contributed by atoms with E-state index >= 15 is 0 Å². The highest BCUT2D eigenvalue weighted by Gasteiger charge is 2.58. The van der Waals surface area contributed by atoms with Crippen LogP contribution < -0.4 is 5.48 Å². The molecule has 0 amide bonds. The predicted molar refractivity (Wildman–Crippen MR) is 70.7 cm³/mol. The zero-order valence-electron chi connectivity index (χ0n) is 12.5. The predicted octanol–water partition coefficient (Wildman–Crippen LogP) is 3.15. The van der Waals surface area contributed by atoms with Gasteiger partial charge in [0.2, 0.25) is 0 Å². The summed E-state index contributed by atoms with van der Waals surface area (Å²) in [4.78, 5) is 5.13. The van der Waals surface area contributed by atoms with Crippen LogP contribution in [-0.4, -0.2) is 24.4 Å². The molecule has 2 rings (SSSR count). The van der Waals surface area contributed by atoms with Gasteiger partial charge in [0.25, 0.3) is 0 Å². The van der Waals surface area contributed by atoms with Crippen molar-refractivity contribution in [3.63, 3.8) is 0 Å². The Bertz CT molecular complexity index is 237. The molecule has 3 nitrogen and oxygen atoms in total. The number of nitrogens with one attached hydrogen (secondary N) is 1. The Morgan fingerprint density at radius 3 is 1.82 bits per heavy atom. The molecule has 2 aliphatic rings. The number of hydrogen-bond donors (Lipinski definition) is 1. The van der Waals surface area contributed by atoms with E-state index in [-0.39, 0.29) is 11.2 Å². The number of hydroxylamine groups is 1. The maximum Gasteiger partial charge on any atom is 0.0704 e. The highest BCUT2D eigenvalue weighted by Crippen LogP contribution is 2.53. The first-order chi connectivity index (χ1) is 7.93. The lowest BCUT2D eigenvalue weighted by molar-refractivity contribution is -0.202. The second-order valence-electron chi connectivity index (χ2n) is 5.65. The van der Waals surface area contributed by atoms with E-state index in [2.05, 4.69) is 33.2 Å². The maximum atomic E-state index is 6.28. The third kappa shape index (κ3) is 2.38. The van der Waals surface area contributed by atoms with Gasteiger partial charge < -0.3 is 9.57 Å². The summed E-state index contributed by atoms with van der Waals surface area (Å²) in [7, 11) is 1.70. The Morgan fingerprint density at radius 2 is 1.47 bits per heavy atom. The van der Waals surface area contributed by atoms with Crippen molar-refractivity contribution in [1.29, 1.82) is 0 Å². The molecule has 0 spiro atoms. The summed E-state index contributed by atoms with van der Waals surface area (Å²) in [5.41, 5.74) is 3.21. The molecule has 2 saturated heterocycles. The third-order valence-electron chi connectivity index (χ3n) is 4.84. The van der Waals surface area contributed by atoms with Gasteiger partial charge in [-0.1, -0.05) is 27.7 Å². The van der Waals surface area contributed by atoms with Gasteiger partial charge in [0.1, 0.15) is 0 Å². The number of fused-ring (bicyclic) bond motifs is 2. The third-order valence-corrected chi connectivity index (χ3v) is 4.84. The van der Waals surface area contributed by atoms with Gasteiger partial charge in [-0.05, 0) is 26.7 Å². The molecule has 0 aromatic heterocycles. The lowest BCUT2D eigenvalue weighted by atomic mass is 9.75. The van der Waals surface area contributed by atoms with Crippen LogP contribution in [0.3, 0.4) is 0 Å². The molecule has 0 radical (unpaired) electrons. The van der Waals surface area contributed by atoms with E-state index in [4.69, 9.17) is 9.57 Å². The first kappa shape index (κ1) is 14.9. The Balaban J connectivity index is 0.000000686. The lowest BCUT2D eigenvalue weighted by Crippen LogP contribution is -2.59. The maximum absolute atomic E-state index is 6.28. The molecule has 0 aromatic carbocycles. The largest absolute Gasteiger partial charge is 0.368 e. The van der Waals surface area contributed by atoms with E-state index in [1.54, 1.807) is 7.11 Å². The molecule has 0 aliphatic carbocycles. The van der Waals surface area contributed by atoms with Crippen molar-refractivity contribution in [2.45, 2.75) is 71.6 Å². The molecule has 2 bridgehead atoms. The zero-order chi connectivity index (χ0) is 13.3. The smallest absolute Gasteiger partial charge is 0.0704 e. The van der Waals surface area contributed by atoms with Gasteiger partial charge in [0.15, 0.2) is 0 Å². The molecule has 2 heterocycles. The summed E-state index contributed by atoms with van der Waals surface area (Å²) >= 11 is 0. The molecule has 1 unspecified atom stereocenters. The molecule has 5 atom stereocenters. The summed E-state index contributed by atoms with van der Waals surface area (Å²) in [6, 6.07) is 0.390. The molecule has 1 N–H and O–H groups in total. The topological polar surface area (TPSA) is 30.5 Å². The summed E-state index contributed by atoms with van der Waals surface area (Å²) in [5, 5.41) is 0. The molecule has 0 saturated carbocycles. The standard InChI is InChI=1S/C12H23NO2.C2H6/c1-8-10(13-14-5)9(2)12(4)7-6-11(8,3)15-12;1-2/h8-10,13H,6-7H2,1-5H3;1-2H3/t8-,9+,10?,11-,12+;. The Hall–Kier alpha value is -0.120. The van der Waals surface area contributed by atoms with Crippen LogP contribution in [0.4, 0.5) is 0 Å². The van der Waals surface area contributed by atoms with Gasteiger partial charge in [0.05, 0.1) is 18.3 Å². The van der Waals surface area contributed by atoms with E-state index in [0.29, 0.717) is 17.9 Å². The first-order valence-electron chi connectivity index (χ1n) is 6.92. The van der Waals surface area contributed by atoms with Crippen molar-refractivity contribution in [3.8, 4) is 0 Å². The van der Waals surface area contributed by atoms with Crippen molar-refractivity contribution in [1.82, 2.24) is 5.48 Å². The van der Waals surface area contributed by atoms with Crippen molar-refractivity contribution in [2.75, 3.05) is 7.11 Å². The highest BCUT2D eigenvalue weighted by molar-refractivity contribution is 5.08. The lowest BCUT2D eigenvalue weighted by Gasteiger charge is -2.50. The van der Waals surface area contributed by atoms with Crippen molar-refractivity contribution < 1.29 is 9.57 Å². The van der Waals surface area contributed by atoms with Crippen LogP contribution in [-0.2, 0) is 9.57 Å². The minimum atomic E-state index is 0.0253. The summed E-state index contributed by atoms with van der Waals surface area (Å²) in [5.74, 6) is 0.978. The van der Waals surface area contributed by atoms with Gasteiger partial charge in [-0.2, -0.15) is 5.48 Å². The van der Waals surface area contributed by atoms with Crippen LogP contribution in [0.25, 0.3) is 0 Å². The fourth-order valence-electron chi connectivity index (χ4n) is 3.31. The SMILES string of the molecule is CC.CONC1[C@@H](C)[C@@]2(C)CC[C@](C)(O2)[C@H]1C. The van der Waals surface area contributed by atoms with Crippen molar-refractivity contribution >= 4 is 0 Å². The van der Waals surface area contributed by atoms with Crippen LogP contribution >= 0.6 is 0 Å². The van der Waals surface area contributed by atoms with Gasteiger partial charge in [-0.15, -0.1) is 0 Å². The Kier molecular flexibility index (Phi) is 4.61. The minimum Gasteiger partial charge on any atom is -0.368 e. The van der Waals surface area contributed by atoms with Gasteiger partial charge in [-0.25, -0.2) is 0 Å². The van der Waals surface area contributed by atoms with Crippen molar-refractivity contribution in [2.24, 2.45) is 11.8 Å². The van der Waals surface area contributed by atoms with E-state index in [1.807, 2.05) is 13.8 Å². The minimum absolute atomic E-state index is 0.0253. The monoisotopic (exact) mass is 243 g/mol. The number of hydrogen-bond acceptors (Lipinski definition) is 3. The number of ether oxygens (including phenoxy) is 1. The second-order valence-corrected chi connectivity index (χ2v) is 5.65.